The third-order valence-corrected chi connectivity index (χ3v) is 4.07. The molecule has 0 radical (unpaired) electrons. The van der Waals surface area contributed by atoms with Gasteiger partial charge in [-0.1, -0.05) is 13.8 Å². The van der Waals surface area contributed by atoms with Gasteiger partial charge in [-0.05, 0) is 19.8 Å². The molecule has 0 rings (SSSR count). The number of methoxy groups -OCH3 is 1. The lowest BCUT2D eigenvalue weighted by molar-refractivity contribution is -0.0967. The average molecular weight is 220 g/mol. The quantitative estimate of drug-likeness (QED) is 0.433. The molecule has 0 spiro atoms. The van der Waals surface area contributed by atoms with Crippen molar-refractivity contribution >= 4 is 9.52 Å². The van der Waals surface area contributed by atoms with Crippen LogP contribution in [0.3, 0.4) is 0 Å². The van der Waals surface area contributed by atoms with Crippen LogP contribution in [-0.4, -0.2) is 41.5 Å². The van der Waals surface area contributed by atoms with Crippen LogP contribution < -0.4 is 0 Å². The van der Waals surface area contributed by atoms with Gasteiger partial charge in [-0.15, -0.1) is 0 Å². The lowest BCUT2D eigenvalue weighted by atomic mass is 10.5. The van der Waals surface area contributed by atoms with Crippen molar-refractivity contribution in [2.75, 3.05) is 19.9 Å². The summed E-state index contributed by atoms with van der Waals surface area (Å²) in [5.41, 5.74) is 0.471. The van der Waals surface area contributed by atoms with Gasteiger partial charge >= 0.3 is 0 Å². The van der Waals surface area contributed by atoms with Crippen molar-refractivity contribution < 1.29 is 14.2 Å². The molecule has 3 nitrogen and oxygen atoms in total. The predicted octanol–water partition coefficient (Wildman–Crippen LogP) is 1.28. The average Bonchev–Trinajstić information content (AvgIpc) is 2.22. The zero-order valence-electron chi connectivity index (χ0n) is 9.91. The van der Waals surface area contributed by atoms with E-state index in [0.717, 1.165) is 25.7 Å². The van der Waals surface area contributed by atoms with Crippen LogP contribution in [0.5, 0.6) is 0 Å². The van der Waals surface area contributed by atoms with Crippen molar-refractivity contribution in [2.45, 2.75) is 45.6 Å². The Bertz CT molecular complexity index is 122. The van der Waals surface area contributed by atoms with E-state index in [1.165, 1.54) is 0 Å². The van der Waals surface area contributed by atoms with Gasteiger partial charge in [0.2, 0.25) is 0 Å². The van der Waals surface area contributed by atoms with Gasteiger partial charge in [0, 0.05) is 25.7 Å². The van der Waals surface area contributed by atoms with E-state index in [9.17, 15) is 0 Å². The molecule has 4 heteroatoms. The molecule has 0 aliphatic rings. The molecule has 14 heavy (non-hydrogen) atoms. The smallest absolute Gasteiger partial charge is 0.153 e. The first-order valence-corrected chi connectivity index (χ1v) is 7.32. The Kier molecular flexibility index (Phi) is 9.71. The summed E-state index contributed by atoms with van der Waals surface area (Å²) in [6.07, 6.45) is 2.97. The monoisotopic (exact) mass is 220 g/mol. The predicted molar refractivity (Wildman–Crippen MR) is 61.3 cm³/mol. The molecule has 0 fully saturated rings. The van der Waals surface area contributed by atoms with E-state index in [0.29, 0.717) is 5.73 Å². The minimum Gasteiger partial charge on any atom is -0.382 e. The largest absolute Gasteiger partial charge is 0.382 e. The van der Waals surface area contributed by atoms with Crippen LogP contribution >= 0.6 is 0 Å². The maximum atomic E-state index is 5.70. The van der Waals surface area contributed by atoms with E-state index >= 15 is 0 Å². The SMILES string of the molecule is CCCOC(CC)[SiH2]COC(C)OC. The summed E-state index contributed by atoms with van der Waals surface area (Å²) in [4.78, 5) is 0. The van der Waals surface area contributed by atoms with E-state index in [1.54, 1.807) is 7.11 Å². The molecule has 0 saturated carbocycles. The highest BCUT2D eigenvalue weighted by molar-refractivity contribution is 6.37. The fourth-order valence-electron chi connectivity index (χ4n) is 1.12. The summed E-state index contributed by atoms with van der Waals surface area (Å²) >= 11 is 0. The normalized spacial score (nSPS) is 16.3. The van der Waals surface area contributed by atoms with E-state index in [4.69, 9.17) is 14.2 Å². The Morgan fingerprint density at radius 2 is 1.93 bits per heavy atom. The molecule has 2 unspecified atom stereocenters. The first-order chi connectivity index (χ1) is 6.74. The van der Waals surface area contributed by atoms with E-state index in [1.807, 2.05) is 6.92 Å². The summed E-state index contributed by atoms with van der Waals surface area (Å²) in [5, 5.41) is 0. The molecule has 0 aliphatic heterocycles. The number of hydrogen-bond acceptors (Lipinski definition) is 3. The van der Waals surface area contributed by atoms with Crippen molar-refractivity contribution in [3.05, 3.63) is 0 Å². The van der Waals surface area contributed by atoms with Crippen LogP contribution in [0.1, 0.15) is 33.6 Å². The highest BCUT2D eigenvalue weighted by atomic mass is 28.2. The minimum atomic E-state index is -0.272. The number of hydrogen-bond donors (Lipinski definition) is 0. The van der Waals surface area contributed by atoms with Gasteiger partial charge in [0.25, 0.3) is 0 Å². The molecule has 0 aromatic rings. The van der Waals surface area contributed by atoms with Crippen LogP contribution in [0.25, 0.3) is 0 Å². The van der Waals surface area contributed by atoms with Gasteiger partial charge in [0.1, 0.15) is 0 Å². The highest BCUT2D eigenvalue weighted by Gasteiger charge is 2.07. The Balaban J connectivity index is 3.42. The lowest BCUT2D eigenvalue weighted by Gasteiger charge is -2.16. The van der Waals surface area contributed by atoms with Gasteiger partial charge in [-0.2, -0.15) is 0 Å². The van der Waals surface area contributed by atoms with Crippen LogP contribution in [0.15, 0.2) is 0 Å². The standard InChI is InChI=1S/C10H24O3Si/c1-5-7-12-10(6-2)14-8-13-9(3)11-4/h9-10H,5-8,14H2,1-4H3. The van der Waals surface area contributed by atoms with Crippen LogP contribution in [0.4, 0.5) is 0 Å². The van der Waals surface area contributed by atoms with Crippen molar-refractivity contribution in [3.8, 4) is 0 Å². The molecule has 0 aromatic heterocycles. The van der Waals surface area contributed by atoms with Gasteiger partial charge in [-0.25, -0.2) is 0 Å². The molecule has 0 aliphatic carbocycles. The van der Waals surface area contributed by atoms with Crippen molar-refractivity contribution in [3.63, 3.8) is 0 Å². The zero-order valence-corrected chi connectivity index (χ0v) is 11.3. The fraction of sp³-hybridized carbons (Fsp3) is 1.00. The number of rotatable bonds is 9. The second kappa shape index (κ2) is 9.64. The van der Waals surface area contributed by atoms with Gasteiger partial charge in [-0.3, -0.25) is 0 Å². The molecular formula is C10H24O3Si. The van der Waals surface area contributed by atoms with Gasteiger partial charge < -0.3 is 14.2 Å². The molecule has 0 heterocycles. The summed E-state index contributed by atoms with van der Waals surface area (Å²) in [7, 11) is 1.39. The minimum absolute atomic E-state index is 0.0776. The Morgan fingerprint density at radius 3 is 2.43 bits per heavy atom. The first-order valence-electron chi connectivity index (χ1n) is 5.50. The molecule has 0 N–H and O–H groups in total. The summed E-state index contributed by atoms with van der Waals surface area (Å²) < 4.78 is 16.2. The molecule has 86 valence electrons. The molecule has 0 aromatic carbocycles. The van der Waals surface area contributed by atoms with Crippen molar-refractivity contribution in [2.24, 2.45) is 0 Å². The Morgan fingerprint density at radius 1 is 1.21 bits per heavy atom. The van der Waals surface area contributed by atoms with Crippen molar-refractivity contribution in [1.82, 2.24) is 0 Å². The van der Waals surface area contributed by atoms with Crippen LogP contribution in [-0.2, 0) is 14.2 Å². The van der Waals surface area contributed by atoms with Crippen molar-refractivity contribution in [1.29, 1.82) is 0 Å². The third kappa shape index (κ3) is 7.50. The van der Waals surface area contributed by atoms with Crippen LogP contribution in [0.2, 0.25) is 0 Å². The summed E-state index contributed by atoms with van der Waals surface area (Å²) in [6.45, 7) is 7.11. The van der Waals surface area contributed by atoms with E-state index in [-0.39, 0.29) is 15.8 Å². The molecular weight excluding hydrogens is 196 g/mol. The summed E-state index contributed by atoms with van der Waals surface area (Å²) in [5.74, 6) is 0. The maximum absolute atomic E-state index is 5.70. The topological polar surface area (TPSA) is 27.7 Å². The molecule has 0 saturated heterocycles. The number of ether oxygens (including phenoxy) is 3. The van der Waals surface area contributed by atoms with E-state index in [2.05, 4.69) is 13.8 Å². The molecule has 2 atom stereocenters. The first kappa shape index (κ1) is 14.1. The fourth-order valence-corrected chi connectivity index (χ4v) is 2.60. The Labute approximate surface area is 89.9 Å². The van der Waals surface area contributed by atoms with Crippen LogP contribution in [0, 0.1) is 0 Å². The van der Waals surface area contributed by atoms with E-state index < -0.39 is 0 Å². The molecule has 0 amide bonds. The zero-order chi connectivity index (χ0) is 10.8. The highest BCUT2D eigenvalue weighted by Crippen LogP contribution is 1.98. The second-order valence-corrected chi connectivity index (χ2v) is 5.26. The lowest BCUT2D eigenvalue weighted by Crippen LogP contribution is -2.26. The summed E-state index contributed by atoms with van der Waals surface area (Å²) in [6, 6.07) is 0. The third-order valence-electron chi connectivity index (χ3n) is 2.14. The van der Waals surface area contributed by atoms with Gasteiger partial charge in [0.15, 0.2) is 6.29 Å². The Hall–Kier alpha value is 0.0969. The second-order valence-electron chi connectivity index (χ2n) is 3.36. The molecule has 0 bridgehead atoms. The maximum Gasteiger partial charge on any atom is 0.153 e. The van der Waals surface area contributed by atoms with Gasteiger partial charge in [0.05, 0.1) is 9.52 Å².